The van der Waals surface area contributed by atoms with Crippen molar-refractivity contribution in [3.05, 3.63) is 101 Å². The molecule has 0 aliphatic carbocycles. The summed E-state index contributed by atoms with van der Waals surface area (Å²) in [6.07, 6.45) is -0.342. The second-order valence-corrected chi connectivity index (χ2v) is 6.05. The Hall–Kier alpha value is -3.46. The fourth-order valence-electron chi connectivity index (χ4n) is 2.71. The van der Waals surface area contributed by atoms with Crippen LogP contribution in [0.4, 0.5) is 0 Å². The van der Waals surface area contributed by atoms with Crippen LogP contribution in [-0.2, 0) is 4.74 Å². The number of hydrogen-bond acceptors (Lipinski definition) is 2. The van der Waals surface area contributed by atoms with Gasteiger partial charge >= 0.3 is 0 Å². The van der Waals surface area contributed by atoms with Crippen LogP contribution < -0.4 is 4.74 Å². The molecule has 0 aromatic heterocycles. The van der Waals surface area contributed by atoms with Gasteiger partial charge in [0.05, 0.1) is 6.61 Å². The third-order valence-electron chi connectivity index (χ3n) is 4.11. The Kier molecular flexibility index (Phi) is 6.91. The first-order valence-electron chi connectivity index (χ1n) is 9.23. The van der Waals surface area contributed by atoms with Crippen LogP contribution in [0.15, 0.2) is 78.9 Å². The molecular formula is C26H22O2. The Balaban J connectivity index is 1.85. The van der Waals surface area contributed by atoms with Crippen LogP contribution in [0.1, 0.15) is 35.3 Å². The van der Waals surface area contributed by atoms with Gasteiger partial charge in [-0.3, -0.25) is 0 Å². The molecule has 0 aliphatic heterocycles. The smallest absolute Gasteiger partial charge is 0.144 e. The highest BCUT2D eigenvalue weighted by molar-refractivity contribution is 5.50. The molecule has 2 heteroatoms. The van der Waals surface area contributed by atoms with E-state index in [4.69, 9.17) is 9.47 Å². The highest BCUT2D eigenvalue weighted by Crippen LogP contribution is 2.20. The summed E-state index contributed by atoms with van der Waals surface area (Å²) in [5.41, 5.74) is 3.77. The van der Waals surface area contributed by atoms with Gasteiger partial charge in [0.1, 0.15) is 11.9 Å². The molecule has 138 valence electrons. The first-order valence-corrected chi connectivity index (χ1v) is 9.23. The summed E-state index contributed by atoms with van der Waals surface area (Å²) in [6.45, 7) is 2.62. The zero-order valence-electron chi connectivity index (χ0n) is 16.1. The average molecular weight is 366 g/mol. The van der Waals surface area contributed by atoms with E-state index in [-0.39, 0.29) is 6.10 Å². The van der Waals surface area contributed by atoms with Gasteiger partial charge in [-0.15, -0.1) is 0 Å². The van der Waals surface area contributed by atoms with E-state index in [0.29, 0.717) is 6.61 Å². The summed E-state index contributed by atoms with van der Waals surface area (Å²) in [5, 5.41) is 0. The maximum atomic E-state index is 5.64. The molecule has 2 nitrogen and oxygen atoms in total. The van der Waals surface area contributed by atoms with E-state index < -0.39 is 0 Å². The molecule has 0 radical (unpaired) electrons. The third-order valence-corrected chi connectivity index (χ3v) is 4.11. The monoisotopic (exact) mass is 366 g/mol. The van der Waals surface area contributed by atoms with Gasteiger partial charge in [0.25, 0.3) is 0 Å². The molecule has 0 aliphatic rings. The maximum Gasteiger partial charge on any atom is 0.144 e. The zero-order chi connectivity index (χ0) is 19.6. The van der Waals surface area contributed by atoms with Crippen molar-refractivity contribution >= 4 is 0 Å². The van der Waals surface area contributed by atoms with E-state index in [1.165, 1.54) is 0 Å². The van der Waals surface area contributed by atoms with Gasteiger partial charge < -0.3 is 9.47 Å². The predicted molar refractivity (Wildman–Crippen MR) is 113 cm³/mol. The molecule has 28 heavy (non-hydrogen) atoms. The van der Waals surface area contributed by atoms with Crippen LogP contribution in [0.25, 0.3) is 0 Å². The van der Waals surface area contributed by atoms with Crippen LogP contribution in [-0.4, -0.2) is 13.7 Å². The van der Waals surface area contributed by atoms with E-state index in [0.717, 1.165) is 28.0 Å². The van der Waals surface area contributed by atoms with Crippen LogP contribution >= 0.6 is 0 Å². The Morgan fingerprint density at radius 3 is 2.14 bits per heavy atom. The second kappa shape index (κ2) is 10.0. The predicted octanol–water partition coefficient (Wildman–Crippen LogP) is 5.22. The van der Waals surface area contributed by atoms with Crippen molar-refractivity contribution < 1.29 is 9.47 Å². The number of hydrogen-bond donors (Lipinski definition) is 0. The molecule has 3 rings (SSSR count). The lowest BCUT2D eigenvalue weighted by Gasteiger charge is -2.11. The van der Waals surface area contributed by atoms with Gasteiger partial charge in [-0.1, -0.05) is 60.1 Å². The van der Waals surface area contributed by atoms with Crippen molar-refractivity contribution in [1.82, 2.24) is 0 Å². The standard InChI is InChI=1S/C26H22O2/c1-3-28-24-18-14-22(15-19-24)13-17-23-11-7-8-12-25(23)26(27-2)20-16-21-9-5-4-6-10-21/h4-12,14-15,18-19,26H,3H2,1-2H3. The summed E-state index contributed by atoms with van der Waals surface area (Å²) in [7, 11) is 1.67. The van der Waals surface area contributed by atoms with Gasteiger partial charge in [0, 0.05) is 29.4 Å². The largest absolute Gasteiger partial charge is 0.494 e. The summed E-state index contributed by atoms with van der Waals surface area (Å²) in [6, 6.07) is 25.6. The van der Waals surface area contributed by atoms with Crippen LogP contribution in [0, 0.1) is 23.7 Å². The Morgan fingerprint density at radius 2 is 1.43 bits per heavy atom. The minimum absolute atomic E-state index is 0.342. The fourth-order valence-corrected chi connectivity index (χ4v) is 2.71. The first kappa shape index (κ1) is 19.3. The lowest BCUT2D eigenvalue weighted by atomic mass is 10.0. The topological polar surface area (TPSA) is 18.5 Å². The molecule has 0 fully saturated rings. The highest BCUT2D eigenvalue weighted by Gasteiger charge is 2.10. The summed E-state index contributed by atoms with van der Waals surface area (Å²) in [5.74, 6) is 13.7. The fraction of sp³-hybridized carbons (Fsp3) is 0.154. The van der Waals surface area contributed by atoms with Gasteiger partial charge in [-0.05, 0) is 49.4 Å². The van der Waals surface area contributed by atoms with E-state index in [9.17, 15) is 0 Å². The molecule has 0 saturated heterocycles. The molecule has 0 amide bonds. The van der Waals surface area contributed by atoms with E-state index in [1.54, 1.807) is 7.11 Å². The second-order valence-electron chi connectivity index (χ2n) is 6.05. The van der Waals surface area contributed by atoms with Crippen molar-refractivity contribution in [3.8, 4) is 29.4 Å². The van der Waals surface area contributed by atoms with E-state index in [1.807, 2.05) is 85.8 Å². The minimum Gasteiger partial charge on any atom is -0.494 e. The lowest BCUT2D eigenvalue weighted by molar-refractivity contribution is 0.150. The molecule has 3 aromatic carbocycles. The molecule has 0 saturated carbocycles. The first-order chi connectivity index (χ1) is 13.8. The average Bonchev–Trinajstić information content (AvgIpc) is 2.75. The zero-order valence-corrected chi connectivity index (χ0v) is 16.1. The molecule has 0 N–H and O–H groups in total. The van der Waals surface area contributed by atoms with E-state index in [2.05, 4.69) is 23.7 Å². The van der Waals surface area contributed by atoms with Crippen molar-refractivity contribution in [2.24, 2.45) is 0 Å². The molecule has 0 bridgehead atoms. The molecule has 0 heterocycles. The minimum atomic E-state index is -0.342. The van der Waals surface area contributed by atoms with Gasteiger partial charge in [0.15, 0.2) is 0 Å². The van der Waals surface area contributed by atoms with Crippen LogP contribution in [0.3, 0.4) is 0 Å². The number of rotatable bonds is 4. The van der Waals surface area contributed by atoms with Crippen LogP contribution in [0.5, 0.6) is 5.75 Å². The SMILES string of the molecule is CCOc1ccc(C#Cc2ccccc2C(C#Cc2ccccc2)OC)cc1. The van der Waals surface area contributed by atoms with Gasteiger partial charge in [-0.2, -0.15) is 0 Å². The van der Waals surface area contributed by atoms with Crippen molar-refractivity contribution in [1.29, 1.82) is 0 Å². The lowest BCUT2D eigenvalue weighted by Crippen LogP contribution is -2.01. The molecule has 1 unspecified atom stereocenters. The Morgan fingerprint density at radius 1 is 0.750 bits per heavy atom. The quantitative estimate of drug-likeness (QED) is 0.589. The van der Waals surface area contributed by atoms with Crippen molar-refractivity contribution in [3.63, 3.8) is 0 Å². The van der Waals surface area contributed by atoms with Crippen molar-refractivity contribution in [2.75, 3.05) is 13.7 Å². The maximum absolute atomic E-state index is 5.64. The third kappa shape index (κ3) is 5.27. The highest BCUT2D eigenvalue weighted by atomic mass is 16.5. The normalized spacial score (nSPS) is 10.8. The van der Waals surface area contributed by atoms with Gasteiger partial charge in [-0.25, -0.2) is 0 Å². The molecular weight excluding hydrogens is 344 g/mol. The number of ether oxygens (including phenoxy) is 2. The number of benzene rings is 3. The Labute approximate surface area is 167 Å². The molecule has 3 aromatic rings. The van der Waals surface area contributed by atoms with Crippen molar-refractivity contribution in [2.45, 2.75) is 13.0 Å². The number of methoxy groups -OCH3 is 1. The van der Waals surface area contributed by atoms with Crippen LogP contribution in [0.2, 0.25) is 0 Å². The summed E-state index contributed by atoms with van der Waals surface area (Å²) >= 11 is 0. The van der Waals surface area contributed by atoms with Gasteiger partial charge in [0.2, 0.25) is 0 Å². The summed E-state index contributed by atoms with van der Waals surface area (Å²) in [4.78, 5) is 0. The Bertz CT molecular complexity index is 1010. The van der Waals surface area contributed by atoms with E-state index >= 15 is 0 Å². The molecule has 1 atom stereocenters. The summed E-state index contributed by atoms with van der Waals surface area (Å²) < 4.78 is 11.1. The molecule has 0 spiro atoms.